The smallest absolute Gasteiger partial charge is 0.121 e. The Morgan fingerprint density at radius 3 is 2.23 bits per heavy atom. The Labute approximate surface area is 353 Å². The molecule has 2 bridgehead atoms. The standard InChI is InChI=1S/C32H28NO.C19H26GeN.Ir/c1-2-4-23(5-3-1)25-10-12-28-29-19-26(11-13-31(29)34-32(28)20-25)30-18-22(14-15-33-30)17-27-16-21-6-8-24(27)9-7-21;1-19(2,3)13-16-12-18(15-10-8-7-9-11-15)21-14-17(16)20(4,5)6;/h1-5,10,12-15,18-21,24,27H,6-9,16-17H2;7-10,12,14H,13H2,1-6H3;/q2*-1;/i;13D2;. The number of hydrogen-bond donors (Lipinski definition) is 0. The number of rotatable bonds is 7. The third-order valence-electron chi connectivity index (χ3n) is 11.5. The van der Waals surface area contributed by atoms with Gasteiger partial charge in [0.25, 0.3) is 0 Å². The minimum Gasteiger partial charge on any atom is -0.500 e. The molecule has 0 amide bonds. The van der Waals surface area contributed by atoms with Crippen LogP contribution in [0.1, 0.15) is 66.7 Å². The first-order chi connectivity index (χ1) is 27.2. The van der Waals surface area contributed by atoms with Crippen LogP contribution in [0.3, 0.4) is 0 Å². The molecule has 3 nitrogen and oxygen atoms in total. The number of aromatic nitrogens is 2. The molecule has 56 heavy (non-hydrogen) atoms. The van der Waals surface area contributed by atoms with E-state index in [1.54, 1.807) is 0 Å². The fraction of sp³-hybridized carbons (Fsp3) is 0.333. The van der Waals surface area contributed by atoms with Gasteiger partial charge >= 0.3 is 135 Å². The summed E-state index contributed by atoms with van der Waals surface area (Å²) in [6, 6.07) is 41.9. The predicted molar refractivity (Wildman–Crippen MR) is 233 cm³/mol. The molecule has 3 aliphatic rings. The zero-order valence-corrected chi connectivity index (χ0v) is 38.1. The summed E-state index contributed by atoms with van der Waals surface area (Å²) in [7, 11) is 0. The largest absolute Gasteiger partial charge is 0.500 e. The van der Waals surface area contributed by atoms with Gasteiger partial charge in [0.2, 0.25) is 0 Å². The van der Waals surface area contributed by atoms with Crippen LogP contribution in [0.2, 0.25) is 17.3 Å². The molecule has 0 aliphatic heterocycles. The van der Waals surface area contributed by atoms with Crippen LogP contribution in [-0.2, 0) is 32.9 Å². The van der Waals surface area contributed by atoms with Crippen molar-refractivity contribution in [3.05, 3.63) is 139 Å². The van der Waals surface area contributed by atoms with Crippen LogP contribution in [0, 0.1) is 35.3 Å². The first-order valence-corrected chi connectivity index (χ1v) is 27.5. The Hall–Kier alpha value is -3.83. The molecule has 3 saturated carbocycles. The maximum absolute atomic E-state index is 8.76. The zero-order valence-electron chi connectivity index (χ0n) is 35.6. The second kappa shape index (κ2) is 17.0. The first kappa shape index (κ1) is 37.7. The summed E-state index contributed by atoms with van der Waals surface area (Å²) < 4.78 is 24.9. The van der Waals surface area contributed by atoms with Crippen LogP contribution in [0.4, 0.5) is 0 Å². The maximum atomic E-state index is 8.76. The summed E-state index contributed by atoms with van der Waals surface area (Å²) in [6.07, 6.45) is 10.9. The number of fused-ring (bicyclic) bond motifs is 6. The van der Waals surface area contributed by atoms with Gasteiger partial charge in [-0.25, -0.2) is 0 Å². The summed E-state index contributed by atoms with van der Waals surface area (Å²) in [5.74, 6) is 9.62. The minimum atomic E-state index is -2.24. The quantitative estimate of drug-likeness (QED) is 0.118. The van der Waals surface area contributed by atoms with E-state index in [-0.39, 0.29) is 20.1 Å². The molecule has 1 unspecified atom stereocenters. The van der Waals surface area contributed by atoms with Crippen LogP contribution < -0.4 is 4.40 Å². The number of benzene rings is 4. The Bertz CT molecular complexity index is 2500. The number of furan rings is 1. The summed E-state index contributed by atoms with van der Waals surface area (Å²) >= 11 is -2.24. The Balaban J connectivity index is 0.000000188. The Morgan fingerprint density at radius 1 is 0.768 bits per heavy atom. The van der Waals surface area contributed by atoms with Crippen molar-refractivity contribution in [1.82, 2.24) is 9.97 Å². The van der Waals surface area contributed by atoms with E-state index in [1.165, 1.54) is 55.2 Å². The number of pyridine rings is 2. The van der Waals surface area contributed by atoms with Gasteiger partial charge in [-0.05, 0) is 72.4 Å². The van der Waals surface area contributed by atoms with Gasteiger partial charge in [-0.2, -0.15) is 0 Å². The van der Waals surface area contributed by atoms with Crippen LogP contribution in [0.5, 0.6) is 0 Å². The summed E-state index contributed by atoms with van der Waals surface area (Å²) in [6.45, 7) is 5.88. The van der Waals surface area contributed by atoms with Crippen molar-refractivity contribution in [1.29, 1.82) is 0 Å². The van der Waals surface area contributed by atoms with Crippen molar-refractivity contribution in [2.75, 3.05) is 0 Å². The van der Waals surface area contributed by atoms with Gasteiger partial charge in [-0.15, -0.1) is 23.8 Å². The summed E-state index contributed by atoms with van der Waals surface area (Å²) in [4.78, 5) is 9.33. The third-order valence-corrected chi connectivity index (χ3v) is 15.7. The molecule has 3 aliphatic carbocycles. The Morgan fingerprint density at radius 2 is 1.54 bits per heavy atom. The molecule has 1 atom stereocenters. The predicted octanol–water partition coefficient (Wildman–Crippen LogP) is 13.2. The molecular weight excluding hydrogens is 921 g/mol. The molecule has 10 rings (SSSR count). The van der Waals surface area contributed by atoms with Crippen LogP contribution in [0.25, 0.3) is 55.6 Å². The van der Waals surface area contributed by atoms with E-state index in [2.05, 4.69) is 95.0 Å². The van der Waals surface area contributed by atoms with Gasteiger partial charge in [0.1, 0.15) is 5.58 Å². The van der Waals surface area contributed by atoms with E-state index in [1.807, 2.05) is 75.6 Å². The van der Waals surface area contributed by atoms with Gasteiger partial charge in [0.05, 0.1) is 5.58 Å². The molecule has 3 aromatic heterocycles. The SMILES string of the molecule is [2H]C([2H])(c1cc(-c2[c-]cccc2)nc[c]1[Ge]([CH3])([CH3])[CH3])C(C)(C)C.[Ir].[c-]1cc2oc3cc(-c4ccccc4)ccc3c2cc1-c1cc(CC2CC3CCC2CC3)ccn1. The van der Waals surface area contributed by atoms with Crippen LogP contribution >= 0.6 is 0 Å². The van der Waals surface area contributed by atoms with Crippen molar-refractivity contribution in [3.8, 4) is 33.6 Å². The fourth-order valence-electron chi connectivity index (χ4n) is 8.76. The molecule has 5 heteroatoms. The van der Waals surface area contributed by atoms with Crippen LogP contribution in [-0.4, -0.2) is 23.2 Å². The maximum Gasteiger partial charge on any atom is 0.121 e. The van der Waals surface area contributed by atoms with Crippen molar-refractivity contribution in [3.63, 3.8) is 0 Å². The molecule has 1 radical (unpaired) electrons. The van der Waals surface area contributed by atoms with E-state index in [9.17, 15) is 0 Å². The Kier molecular flexibility index (Phi) is 11.4. The molecule has 0 N–H and O–H groups in total. The third kappa shape index (κ3) is 9.31. The minimum absolute atomic E-state index is 0. The summed E-state index contributed by atoms with van der Waals surface area (Å²) in [5.41, 5.74) is 9.65. The van der Waals surface area contributed by atoms with Gasteiger partial charge in [-0.3, -0.25) is 0 Å². The van der Waals surface area contributed by atoms with Crippen molar-refractivity contribution in [2.45, 2.75) is 82.9 Å². The van der Waals surface area contributed by atoms with Crippen LogP contribution in [0.15, 0.2) is 120 Å². The molecule has 0 spiro atoms. The van der Waals surface area contributed by atoms with E-state index in [4.69, 9.17) is 12.1 Å². The molecule has 289 valence electrons. The van der Waals surface area contributed by atoms with E-state index in [0.29, 0.717) is 0 Å². The van der Waals surface area contributed by atoms with Crippen molar-refractivity contribution >= 4 is 39.6 Å². The second-order valence-electron chi connectivity index (χ2n) is 17.9. The number of nitrogens with zero attached hydrogens (tertiary/aromatic N) is 2. The van der Waals surface area contributed by atoms with Crippen molar-refractivity contribution < 1.29 is 27.3 Å². The van der Waals surface area contributed by atoms with Crippen molar-refractivity contribution in [2.24, 2.45) is 23.2 Å². The molecule has 0 saturated heterocycles. The number of hydrogen-bond acceptors (Lipinski definition) is 3. The van der Waals surface area contributed by atoms with E-state index >= 15 is 0 Å². The van der Waals surface area contributed by atoms with Gasteiger partial charge < -0.3 is 9.40 Å². The van der Waals surface area contributed by atoms with E-state index in [0.717, 1.165) is 72.2 Å². The van der Waals surface area contributed by atoms with Gasteiger partial charge in [-0.1, -0.05) is 72.3 Å². The molecule has 4 aromatic carbocycles. The fourth-order valence-corrected chi connectivity index (χ4v) is 11.7. The monoisotopic (exact) mass is 979 g/mol. The molecular formula is C51H54GeIrN2O-2. The van der Waals surface area contributed by atoms with Gasteiger partial charge in [0.15, 0.2) is 0 Å². The molecule has 3 heterocycles. The van der Waals surface area contributed by atoms with E-state index < -0.39 is 25.1 Å². The molecule has 7 aromatic rings. The topological polar surface area (TPSA) is 38.9 Å². The summed E-state index contributed by atoms with van der Waals surface area (Å²) in [5, 5.41) is 2.26. The van der Waals surface area contributed by atoms with Gasteiger partial charge in [0, 0.05) is 31.7 Å². The zero-order chi connectivity index (χ0) is 40.0. The average molecular weight is 978 g/mol. The first-order valence-electron chi connectivity index (χ1n) is 21.1. The normalized spacial score (nSPS) is 18.8. The second-order valence-corrected chi connectivity index (χ2v) is 28.4. The average Bonchev–Trinajstić information content (AvgIpc) is 3.59. The molecule has 3 fully saturated rings.